The number of rotatable bonds is 8. The van der Waals surface area contributed by atoms with Gasteiger partial charge in [-0.05, 0) is 16.7 Å². The van der Waals surface area contributed by atoms with Crippen molar-refractivity contribution in [1.82, 2.24) is 0 Å². The van der Waals surface area contributed by atoms with Crippen LogP contribution in [0.3, 0.4) is 0 Å². The summed E-state index contributed by atoms with van der Waals surface area (Å²) in [6.45, 7) is 0.832. The average Bonchev–Trinajstić information content (AvgIpc) is 3.27. The number of ether oxygens (including phenoxy) is 5. The van der Waals surface area contributed by atoms with Gasteiger partial charge in [-0.2, -0.15) is 0 Å². The fourth-order valence-corrected chi connectivity index (χ4v) is 4.09. The number of hydrogen-bond acceptors (Lipinski definition) is 6. The largest absolute Gasteiger partial charge is 0.374 e. The van der Waals surface area contributed by atoms with Crippen LogP contribution in [0.15, 0.2) is 65.8 Å². The van der Waals surface area contributed by atoms with E-state index in [1.54, 1.807) is 0 Å². The van der Waals surface area contributed by atoms with Crippen molar-refractivity contribution in [2.75, 3.05) is 6.61 Å². The van der Waals surface area contributed by atoms with Gasteiger partial charge in [0.2, 0.25) is 10.1 Å². The van der Waals surface area contributed by atoms with Gasteiger partial charge in [0.1, 0.15) is 24.4 Å². The Morgan fingerprint density at radius 1 is 0.879 bits per heavy atom. The molecule has 6 atom stereocenters. The first-order chi connectivity index (χ1) is 16.0. The van der Waals surface area contributed by atoms with Crippen molar-refractivity contribution in [3.8, 4) is 0 Å². The van der Waals surface area contributed by atoms with Crippen molar-refractivity contribution in [2.45, 2.75) is 53.9 Å². The van der Waals surface area contributed by atoms with Crippen LogP contribution in [0.25, 0.3) is 10.4 Å². The SMILES string of the molecule is [N-]=[N+]=N[C@@H]1O[C@H](COCc2ccccc2)[C@H](OCc2ccccc2)[C@H]2O[C@H](C(Cl)(Cl)Cl)O[C@H]21. The summed E-state index contributed by atoms with van der Waals surface area (Å²) in [5.74, 6) is 0. The molecule has 2 aromatic carbocycles. The summed E-state index contributed by atoms with van der Waals surface area (Å²) < 4.78 is 28.0. The van der Waals surface area contributed by atoms with Gasteiger partial charge in [0, 0.05) is 4.91 Å². The summed E-state index contributed by atoms with van der Waals surface area (Å²) >= 11 is 18.0. The molecule has 176 valence electrons. The van der Waals surface area contributed by atoms with Crippen molar-refractivity contribution < 1.29 is 23.7 Å². The second-order valence-corrected chi connectivity index (χ2v) is 9.98. The fraction of sp³-hybridized carbons (Fsp3) is 0.455. The van der Waals surface area contributed by atoms with Crippen molar-refractivity contribution in [1.29, 1.82) is 0 Å². The second kappa shape index (κ2) is 11.2. The Bertz CT molecular complexity index is 943. The van der Waals surface area contributed by atoms with Gasteiger partial charge in [-0.3, -0.25) is 0 Å². The molecule has 2 aliphatic heterocycles. The van der Waals surface area contributed by atoms with Gasteiger partial charge in [0.05, 0.1) is 19.8 Å². The lowest BCUT2D eigenvalue weighted by Gasteiger charge is -2.40. The van der Waals surface area contributed by atoms with Gasteiger partial charge in [0.25, 0.3) is 0 Å². The molecule has 0 saturated carbocycles. The maximum absolute atomic E-state index is 9.03. The van der Waals surface area contributed by atoms with Crippen LogP contribution in [0.5, 0.6) is 0 Å². The third-order valence-corrected chi connectivity index (χ3v) is 5.82. The van der Waals surface area contributed by atoms with Crippen LogP contribution in [-0.2, 0) is 36.9 Å². The molecule has 11 heteroatoms. The van der Waals surface area contributed by atoms with Crippen molar-refractivity contribution >= 4 is 34.8 Å². The van der Waals surface area contributed by atoms with E-state index in [0.717, 1.165) is 11.1 Å². The zero-order valence-corrected chi connectivity index (χ0v) is 19.6. The van der Waals surface area contributed by atoms with Gasteiger partial charge < -0.3 is 23.7 Å². The van der Waals surface area contributed by atoms with Gasteiger partial charge in [-0.15, -0.1) is 0 Å². The van der Waals surface area contributed by atoms with Crippen LogP contribution in [-0.4, -0.2) is 47.3 Å². The number of alkyl halides is 3. The van der Waals surface area contributed by atoms with E-state index in [4.69, 9.17) is 64.0 Å². The topological polar surface area (TPSA) is 94.9 Å². The first-order valence-electron chi connectivity index (χ1n) is 10.3. The van der Waals surface area contributed by atoms with Gasteiger partial charge in [-0.1, -0.05) is 101 Å². The predicted octanol–water partition coefficient (Wildman–Crippen LogP) is 5.30. The molecule has 2 heterocycles. The highest BCUT2D eigenvalue weighted by atomic mass is 35.6. The van der Waals surface area contributed by atoms with Crippen LogP contribution in [0.1, 0.15) is 11.1 Å². The second-order valence-electron chi connectivity index (χ2n) is 7.61. The summed E-state index contributed by atoms with van der Waals surface area (Å²) in [7, 11) is 0. The van der Waals surface area contributed by atoms with Crippen LogP contribution >= 0.6 is 34.8 Å². The van der Waals surface area contributed by atoms with Crippen molar-refractivity contribution in [3.05, 3.63) is 82.2 Å². The minimum Gasteiger partial charge on any atom is -0.374 e. The molecule has 4 rings (SSSR count). The summed E-state index contributed by atoms with van der Waals surface area (Å²) in [5, 5.41) is 3.72. The highest BCUT2D eigenvalue weighted by molar-refractivity contribution is 6.67. The molecule has 2 fully saturated rings. The Kier molecular flexibility index (Phi) is 8.35. The predicted molar refractivity (Wildman–Crippen MR) is 123 cm³/mol. The number of halogens is 3. The lowest BCUT2D eigenvalue weighted by atomic mass is 9.98. The molecule has 0 aliphatic carbocycles. The number of nitrogens with zero attached hydrogens (tertiary/aromatic N) is 3. The van der Waals surface area contributed by atoms with Crippen molar-refractivity contribution in [3.63, 3.8) is 0 Å². The zero-order chi connectivity index (χ0) is 23.3. The van der Waals surface area contributed by atoms with Crippen LogP contribution in [0.4, 0.5) is 0 Å². The molecule has 0 spiro atoms. The summed E-state index contributed by atoms with van der Waals surface area (Å²) in [6.07, 6.45) is -4.94. The maximum Gasteiger partial charge on any atom is 0.240 e. The first-order valence-corrected chi connectivity index (χ1v) is 11.4. The quantitative estimate of drug-likeness (QED) is 0.206. The van der Waals surface area contributed by atoms with Gasteiger partial charge in [0.15, 0.2) is 6.23 Å². The van der Waals surface area contributed by atoms with Crippen LogP contribution in [0, 0.1) is 0 Å². The first kappa shape index (κ1) is 24.5. The molecule has 0 bridgehead atoms. The van der Waals surface area contributed by atoms with E-state index >= 15 is 0 Å². The van der Waals surface area contributed by atoms with E-state index in [2.05, 4.69) is 10.0 Å². The maximum atomic E-state index is 9.03. The molecular formula is C22H22Cl3N3O5. The zero-order valence-electron chi connectivity index (χ0n) is 17.4. The highest BCUT2D eigenvalue weighted by Gasteiger charge is 2.57. The molecule has 2 aromatic rings. The number of azide groups is 1. The molecule has 0 aromatic heterocycles. The minimum atomic E-state index is -1.85. The molecule has 8 nitrogen and oxygen atoms in total. The van der Waals surface area contributed by atoms with Crippen molar-refractivity contribution in [2.24, 2.45) is 5.11 Å². The van der Waals surface area contributed by atoms with Gasteiger partial charge in [-0.25, -0.2) is 0 Å². The average molecular weight is 515 g/mol. The minimum absolute atomic E-state index is 0.164. The standard InChI is InChI=1S/C22H22Cl3N3O5/c23-22(24,25)21-32-18-17(30-12-15-9-5-2-6-10-15)16(31-20(27-28-26)19(18)33-21)13-29-11-14-7-3-1-4-8-14/h1-10,16-21H,11-13H2/t16-,17+,18-,19-,20-,21+/m1/s1. The third-order valence-electron chi connectivity index (χ3n) is 5.28. The lowest BCUT2D eigenvalue weighted by Crippen LogP contribution is -2.57. The monoisotopic (exact) mass is 513 g/mol. The highest BCUT2D eigenvalue weighted by Crippen LogP contribution is 2.43. The Hall–Kier alpha value is -1.58. The Morgan fingerprint density at radius 3 is 2.09 bits per heavy atom. The van der Waals surface area contributed by atoms with Crippen LogP contribution < -0.4 is 0 Å². The smallest absolute Gasteiger partial charge is 0.240 e. The molecule has 33 heavy (non-hydrogen) atoms. The van der Waals surface area contributed by atoms with E-state index in [-0.39, 0.29) is 6.61 Å². The van der Waals surface area contributed by atoms with E-state index in [9.17, 15) is 0 Å². The molecule has 0 radical (unpaired) electrons. The molecule has 2 aliphatic rings. The molecule has 0 unspecified atom stereocenters. The molecule has 0 N–H and O–H groups in total. The van der Waals surface area contributed by atoms with E-state index in [1.165, 1.54) is 0 Å². The number of hydrogen-bond donors (Lipinski definition) is 0. The van der Waals surface area contributed by atoms with E-state index in [1.807, 2.05) is 60.7 Å². The lowest BCUT2D eigenvalue weighted by molar-refractivity contribution is -0.218. The third kappa shape index (κ3) is 6.31. The molecule has 0 amide bonds. The van der Waals surface area contributed by atoms with E-state index < -0.39 is 40.7 Å². The Balaban J connectivity index is 1.52. The van der Waals surface area contributed by atoms with E-state index in [0.29, 0.717) is 13.2 Å². The summed E-state index contributed by atoms with van der Waals surface area (Å²) in [4.78, 5) is 2.87. The summed E-state index contributed by atoms with van der Waals surface area (Å²) in [6, 6.07) is 19.4. The number of benzene rings is 2. The molecule has 2 saturated heterocycles. The van der Waals surface area contributed by atoms with Crippen LogP contribution in [0.2, 0.25) is 0 Å². The normalized spacial score (nSPS) is 29.3. The Morgan fingerprint density at radius 2 is 1.48 bits per heavy atom. The van der Waals surface area contributed by atoms with Gasteiger partial charge >= 0.3 is 0 Å². The Labute approximate surface area is 206 Å². The summed E-state index contributed by atoms with van der Waals surface area (Å²) in [5.41, 5.74) is 11.0. The fourth-order valence-electron chi connectivity index (χ4n) is 3.78. The molecular weight excluding hydrogens is 493 g/mol. The number of fused-ring (bicyclic) bond motifs is 1.